The van der Waals surface area contributed by atoms with Gasteiger partial charge in [0.15, 0.2) is 0 Å². The van der Waals surface area contributed by atoms with Crippen molar-refractivity contribution >= 4 is 24.1 Å². The molecule has 248 valence electrons. The number of carbonyl (C=O) groups excluding carboxylic acids is 4. The molecule has 2 rings (SSSR count). The van der Waals surface area contributed by atoms with Crippen LogP contribution in [0.15, 0.2) is 36.0 Å². The van der Waals surface area contributed by atoms with Crippen molar-refractivity contribution in [2.24, 2.45) is 29.2 Å². The van der Waals surface area contributed by atoms with Crippen LogP contribution in [0.5, 0.6) is 0 Å². The number of primary amides is 2. The molecule has 0 aromatic rings. The molecule has 5 N–H and O–H groups in total. The summed E-state index contributed by atoms with van der Waals surface area (Å²) in [6, 6.07) is 0. The molecule has 0 bridgehead atoms. The van der Waals surface area contributed by atoms with E-state index in [0.29, 0.717) is 6.42 Å². The van der Waals surface area contributed by atoms with Crippen LogP contribution >= 0.6 is 0 Å². The van der Waals surface area contributed by atoms with Gasteiger partial charge in [0, 0.05) is 18.8 Å². The molecule has 0 aromatic heterocycles. The Labute approximate surface area is 260 Å². The number of carbonyl (C=O) groups is 4. The van der Waals surface area contributed by atoms with Crippen LogP contribution in [0.2, 0.25) is 0 Å². The van der Waals surface area contributed by atoms with Crippen LogP contribution in [0.3, 0.4) is 0 Å². The molecule has 0 aliphatic carbocycles. The molecule has 0 radical (unpaired) electrons. The highest BCUT2D eigenvalue weighted by molar-refractivity contribution is 5.72. The van der Waals surface area contributed by atoms with Crippen molar-refractivity contribution < 1.29 is 48.0 Å². The largest absolute Gasteiger partial charge is 0.457 e. The molecule has 2 amide bonds. The van der Waals surface area contributed by atoms with E-state index in [9.17, 15) is 24.3 Å². The molecule has 1 saturated heterocycles. The highest BCUT2D eigenvalue weighted by atomic mass is 16.6. The lowest BCUT2D eigenvalue weighted by Crippen LogP contribution is -2.42. The number of esters is 2. The van der Waals surface area contributed by atoms with Crippen LogP contribution in [0.1, 0.15) is 80.6 Å². The maximum absolute atomic E-state index is 12.9. The van der Waals surface area contributed by atoms with Gasteiger partial charge >= 0.3 is 24.1 Å². The molecule has 44 heavy (non-hydrogen) atoms. The lowest BCUT2D eigenvalue weighted by molar-refractivity contribution is -0.157. The van der Waals surface area contributed by atoms with Gasteiger partial charge in [0.2, 0.25) is 0 Å². The summed E-state index contributed by atoms with van der Waals surface area (Å²) in [5, 5.41) is 11.1. The summed E-state index contributed by atoms with van der Waals surface area (Å²) in [5.41, 5.74) is 9.66. The van der Waals surface area contributed by atoms with Gasteiger partial charge in [-0.1, -0.05) is 52.0 Å². The number of cyclic esters (lactones) is 1. The second-order valence-corrected chi connectivity index (χ2v) is 12.2. The number of amides is 2. The molecule has 10 atom stereocenters. The summed E-state index contributed by atoms with van der Waals surface area (Å²) >= 11 is 0. The second kappa shape index (κ2) is 16.6. The van der Waals surface area contributed by atoms with E-state index in [-0.39, 0.29) is 55.3 Å². The van der Waals surface area contributed by atoms with Gasteiger partial charge in [-0.25, -0.2) is 9.59 Å². The summed E-state index contributed by atoms with van der Waals surface area (Å²) in [5.74, 6) is -1.31. The Kier molecular flexibility index (Phi) is 13.9. The average molecular weight is 623 g/mol. The number of hydrogen-bond donors (Lipinski definition) is 3. The van der Waals surface area contributed by atoms with E-state index >= 15 is 0 Å². The van der Waals surface area contributed by atoms with Gasteiger partial charge in [0.05, 0.1) is 18.6 Å². The van der Waals surface area contributed by atoms with E-state index in [0.717, 1.165) is 12.0 Å². The highest BCUT2D eigenvalue weighted by Crippen LogP contribution is 2.37. The lowest BCUT2D eigenvalue weighted by atomic mass is 9.88. The number of nitrogens with two attached hydrogens (primary N) is 2. The zero-order chi connectivity index (χ0) is 33.2. The first-order chi connectivity index (χ1) is 20.5. The van der Waals surface area contributed by atoms with Crippen LogP contribution < -0.4 is 11.5 Å². The van der Waals surface area contributed by atoms with E-state index < -0.39 is 48.0 Å². The minimum absolute atomic E-state index is 0.00495. The minimum atomic E-state index is -1.50. The van der Waals surface area contributed by atoms with E-state index in [1.165, 1.54) is 13.8 Å². The van der Waals surface area contributed by atoms with Gasteiger partial charge < -0.3 is 40.3 Å². The molecule has 2 aliphatic heterocycles. The van der Waals surface area contributed by atoms with Crippen LogP contribution in [0.25, 0.3) is 0 Å². The standard InChI is InChI=1S/C32H50N2O10/c1-8-24(43-31(34)38)21(5)29-25(42-29)16-18(2)10-9-11-19(3)28-20(4)12-13-26(40-22(6)35)32(7,39)15-14-23(41-30(33)37)17-27(36)44-28/h9-13,18,20-21,23-26,28-29,39H,8,14-17H2,1-7H3,(H2,33,37)(H2,34,38)/b10-9+,13-12+,19-11+. The smallest absolute Gasteiger partial charge is 0.404 e. The molecular formula is C32H50N2O10. The zero-order valence-electron chi connectivity index (χ0n) is 26.9. The Hall–Kier alpha value is -3.38. The fraction of sp³-hybridized carbons (Fsp3) is 0.688. The Bertz CT molecular complexity index is 1100. The third-order valence-corrected chi connectivity index (χ3v) is 8.13. The Morgan fingerprint density at radius 1 is 1.16 bits per heavy atom. The van der Waals surface area contributed by atoms with E-state index in [4.69, 9.17) is 35.2 Å². The molecule has 12 nitrogen and oxygen atoms in total. The predicted octanol–water partition coefficient (Wildman–Crippen LogP) is 4.23. The number of ether oxygens (including phenoxy) is 5. The fourth-order valence-electron chi connectivity index (χ4n) is 5.55. The van der Waals surface area contributed by atoms with Gasteiger partial charge in [0.25, 0.3) is 0 Å². The number of rotatable bonds is 11. The van der Waals surface area contributed by atoms with E-state index in [2.05, 4.69) is 6.92 Å². The second-order valence-electron chi connectivity index (χ2n) is 12.2. The summed E-state index contributed by atoms with van der Waals surface area (Å²) < 4.78 is 27.5. The van der Waals surface area contributed by atoms with Gasteiger partial charge in [-0.15, -0.1) is 0 Å². The number of hydrogen-bond acceptors (Lipinski definition) is 10. The Balaban J connectivity index is 2.17. The normalized spacial score (nSPS) is 32.6. The third kappa shape index (κ3) is 12.0. The first-order valence-electron chi connectivity index (χ1n) is 15.2. The predicted molar refractivity (Wildman–Crippen MR) is 162 cm³/mol. The Morgan fingerprint density at radius 2 is 1.84 bits per heavy atom. The quantitative estimate of drug-likeness (QED) is 0.0988. The van der Waals surface area contributed by atoms with E-state index in [1.807, 2.05) is 45.9 Å². The van der Waals surface area contributed by atoms with Gasteiger partial charge in [0.1, 0.15) is 30.0 Å². The third-order valence-electron chi connectivity index (χ3n) is 8.13. The summed E-state index contributed by atoms with van der Waals surface area (Å²) in [4.78, 5) is 47.4. The maximum atomic E-state index is 12.9. The monoisotopic (exact) mass is 622 g/mol. The molecule has 0 spiro atoms. The van der Waals surface area contributed by atoms with Crippen molar-refractivity contribution in [3.63, 3.8) is 0 Å². The van der Waals surface area contributed by atoms with Crippen molar-refractivity contribution in [1.29, 1.82) is 0 Å². The fourth-order valence-corrected chi connectivity index (χ4v) is 5.55. The van der Waals surface area contributed by atoms with Crippen molar-refractivity contribution in [2.45, 2.75) is 123 Å². The molecule has 0 saturated carbocycles. The first kappa shape index (κ1) is 36.8. The molecule has 2 heterocycles. The topological polar surface area (TPSA) is 190 Å². The minimum Gasteiger partial charge on any atom is -0.457 e. The summed E-state index contributed by atoms with van der Waals surface area (Å²) in [6.07, 6.45) is 5.78. The molecular weight excluding hydrogens is 572 g/mol. The van der Waals surface area contributed by atoms with Crippen molar-refractivity contribution in [1.82, 2.24) is 0 Å². The average Bonchev–Trinajstić information content (AvgIpc) is 3.68. The number of epoxide rings is 1. The summed E-state index contributed by atoms with van der Waals surface area (Å²) in [7, 11) is 0. The van der Waals surface area contributed by atoms with Crippen LogP contribution in [0, 0.1) is 17.8 Å². The van der Waals surface area contributed by atoms with Crippen molar-refractivity contribution in [3.8, 4) is 0 Å². The Morgan fingerprint density at radius 3 is 2.43 bits per heavy atom. The van der Waals surface area contributed by atoms with Crippen LogP contribution in [-0.2, 0) is 33.3 Å². The molecule has 0 aromatic carbocycles. The highest BCUT2D eigenvalue weighted by Gasteiger charge is 2.46. The van der Waals surface area contributed by atoms with Gasteiger partial charge in [-0.05, 0) is 57.1 Å². The SMILES string of the molecule is CCC(OC(N)=O)C(C)C1OC1CC(C)/C=C/C=C(\C)C1OC(=O)CC(OC(N)=O)CCC(C)(O)C(OC(C)=O)/C=C/C1C. The van der Waals surface area contributed by atoms with Gasteiger partial charge in [-0.2, -0.15) is 0 Å². The molecule has 10 unspecified atom stereocenters. The van der Waals surface area contributed by atoms with Crippen LogP contribution in [-0.4, -0.2) is 71.5 Å². The lowest BCUT2D eigenvalue weighted by Gasteiger charge is -2.33. The van der Waals surface area contributed by atoms with Crippen molar-refractivity contribution in [2.75, 3.05) is 0 Å². The molecule has 2 aliphatic rings. The maximum Gasteiger partial charge on any atom is 0.404 e. The molecule has 1 fully saturated rings. The summed E-state index contributed by atoms with van der Waals surface area (Å²) in [6.45, 7) is 12.5. The van der Waals surface area contributed by atoms with Crippen LogP contribution in [0.4, 0.5) is 9.59 Å². The van der Waals surface area contributed by atoms with Crippen molar-refractivity contribution in [3.05, 3.63) is 36.0 Å². The zero-order valence-corrected chi connectivity index (χ0v) is 26.9. The molecule has 12 heteroatoms. The number of aliphatic hydroxyl groups is 1. The van der Waals surface area contributed by atoms with E-state index in [1.54, 1.807) is 12.2 Å². The first-order valence-corrected chi connectivity index (χ1v) is 15.2. The van der Waals surface area contributed by atoms with Gasteiger partial charge in [-0.3, -0.25) is 9.59 Å². The number of allylic oxidation sites excluding steroid dienone is 3.